The molecule has 1 aliphatic carbocycles. The summed E-state index contributed by atoms with van der Waals surface area (Å²) >= 11 is 0. The van der Waals surface area contributed by atoms with Crippen LogP contribution in [-0.2, 0) is 13.1 Å². The van der Waals surface area contributed by atoms with Gasteiger partial charge < -0.3 is 14.4 Å². The van der Waals surface area contributed by atoms with Crippen LogP contribution in [0.4, 0.5) is 0 Å². The van der Waals surface area contributed by atoms with Crippen LogP contribution in [0.1, 0.15) is 56.8 Å². The standard InChI is InChI=1S/C27H32N6O4/c1-17(2)33-25-23(26(35)31(27(33)36)13-8-14-34)32(16-19-9-5-4-6-10-19)24(30-25)22-18(3)29-21(15-28-22)37-20-11-7-12-20/h4-6,9-10,15,17,20,34H,7-8,11-14,16H2,1-3H3. The lowest BCUT2D eigenvalue weighted by molar-refractivity contribution is 0.114. The van der Waals surface area contributed by atoms with E-state index in [-0.39, 0.29) is 25.3 Å². The van der Waals surface area contributed by atoms with Crippen LogP contribution in [0.2, 0.25) is 0 Å². The van der Waals surface area contributed by atoms with Crippen LogP contribution >= 0.6 is 0 Å². The van der Waals surface area contributed by atoms with E-state index in [9.17, 15) is 14.7 Å². The SMILES string of the molecule is Cc1nc(OC2CCC2)cnc1-c1nc2c(c(=O)n(CCCO)c(=O)n2C(C)C)n1Cc1ccccc1. The Kier molecular flexibility index (Phi) is 6.92. The number of aryl methyl sites for hydroxylation is 1. The Morgan fingerprint density at radius 3 is 2.49 bits per heavy atom. The molecule has 0 unspecified atom stereocenters. The summed E-state index contributed by atoms with van der Waals surface area (Å²) < 4.78 is 10.5. The number of imidazole rings is 1. The van der Waals surface area contributed by atoms with E-state index in [2.05, 4.69) is 9.97 Å². The maximum Gasteiger partial charge on any atom is 0.332 e. The third-order valence-electron chi connectivity index (χ3n) is 6.78. The topological polar surface area (TPSA) is 117 Å². The Bertz CT molecular complexity index is 1530. The lowest BCUT2D eigenvalue weighted by atomic mass is 9.96. The predicted molar refractivity (Wildman–Crippen MR) is 140 cm³/mol. The average molecular weight is 505 g/mol. The van der Waals surface area contributed by atoms with E-state index in [4.69, 9.17) is 9.72 Å². The molecule has 0 atom stereocenters. The predicted octanol–water partition coefficient (Wildman–Crippen LogP) is 3.07. The number of rotatable bonds is 9. The van der Waals surface area contributed by atoms with Crippen molar-refractivity contribution < 1.29 is 9.84 Å². The molecule has 0 spiro atoms. The summed E-state index contributed by atoms with van der Waals surface area (Å²) in [5.41, 5.74) is 1.88. The highest BCUT2D eigenvalue weighted by Gasteiger charge is 2.26. The molecule has 1 aliphatic rings. The molecule has 0 saturated heterocycles. The third-order valence-corrected chi connectivity index (χ3v) is 6.78. The Morgan fingerprint density at radius 2 is 1.86 bits per heavy atom. The highest BCUT2D eigenvalue weighted by atomic mass is 16.5. The minimum Gasteiger partial charge on any atom is -0.473 e. The fourth-order valence-electron chi connectivity index (χ4n) is 4.64. The van der Waals surface area contributed by atoms with E-state index in [0.717, 1.165) is 24.8 Å². The minimum absolute atomic E-state index is 0.120. The van der Waals surface area contributed by atoms with E-state index >= 15 is 0 Å². The van der Waals surface area contributed by atoms with Crippen molar-refractivity contribution in [1.29, 1.82) is 0 Å². The molecular weight excluding hydrogens is 472 g/mol. The van der Waals surface area contributed by atoms with E-state index in [1.165, 1.54) is 9.13 Å². The van der Waals surface area contributed by atoms with Gasteiger partial charge in [0.05, 0.1) is 11.9 Å². The number of ether oxygens (including phenoxy) is 1. The molecule has 194 valence electrons. The smallest absolute Gasteiger partial charge is 0.332 e. The summed E-state index contributed by atoms with van der Waals surface area (Å²) in [6, 6.07) is 9.53. The van der Waals surface area contributed by atoms with Gasteiger partial charge in [-0.1, -0.05) is 30.3 Å². The molecule has 1 fully saturated rings. The number of nitrogens with zero attached hydrogens (tertiary/aromatic N) is 6. The Balaban J connectivity index is 1.75. The van der Waals surface area contributed by atoms with Crippen LogP contribution in [0.3, 0.4) is 0 Å². The van der Waals surface area contributed by atoms with Crippen molar-refractivity contribution in [2.24, 2.45) is 0 Å². The number of aliphatic hydroxyl groups excluding tert-OH is 1. The normalized spacial score (nSPS) is 13.9. The fraction of sp³-hybridized carbons (Fsp3) is 0.444. The van der Waals surface area contributed by atoms with E-state index in [1.807, 2.05) is 55.7 Å². The first-order valence-electron chi connectivity index (χ1n) is 12.8. The number of aliphatic hydroxyl groups is 1. The number of benzene rings is 1. The molecular formula is C27H32N6O4. The zero-order chi connectivity index (χ0) is 26.1. The van der Waals surface area contributed by atoms with Crippen LogP contribution in [-0.4, -0.2) is 46.5 Å². The highest BCUT2D eigenvalue weighted by Crippen LogP contribution is 2.28. The molecule has 1 saturated carbocycles. The number of fused-ring (bicyclic) bond motifs is 1. The van der Waals surface area contributed by atoms with Crippen molar-refractivity contribution in [3.05, 3.63) is 68.6 Å². The van der Waals surface area contributed by atoms with Crippen molar-refractivity contribution in [2.75, 3.05) is 6.61 Å². The van der Waals surface area contributed by atoms with Crippen LogP contribution in [0, 0.1) is 6.92 Å². The van der Waals surface area contributed by atoms with E-state index in [1.54, 1.807) is 6.20 Å². The Hall–Kier alpha value is -3.79. The Morgan fingerprint density at radius 1 is 1.11 bits per heavy atom. The number of aromatic nitrogens is 6. The molecule has 0 aliphatic heterocycles. The maximum absolute atomic E-state index is 13.7. The average Bonchev–Trinajstić information content (AvgIpc) is 3.20. The lowest BCUT2D eigenvalue weighted by Crippen LogP contribution is -2.41. The summed E-state index contributed by atoms with van der Waals surface area (Å²) in [5, 5.41) is 9.36. The zero-order valence-electron chi connectivity index (χ0n) is 21.4. The highest BCUT2D eigenvalue weighted by molar-refractivity contribution is 5.77. The van der Waals surface area contributed by atoms with Gasteiger partial charge in [-0.2, -0.15) is 0 Å². The molecule has 3 aromatic heterocycles. The van der Waals surface area contributed by atoms with Gasteiger partial charge in [-0.3, -0.25) is 13.9 Å². The monoisotopic (exact) mass is 504 g/mol. The van der Waals surface area contributed by atoms with Crippen LogP contribution in [0.5, 0.6) is 5.88 Å². The molecule has 5 rings (SSSR count). The second kappa shape index (κ2) is 10.3. The Labute approximate surface area is 214 Å². The van der Waals surface area contributed by atoms with Crippen molar-refractivity contribution in [3.63, 3.8) is 0 Å². The van der Waals surface area contributed by atoms with Crippen molar-refractivity contribution in [3.8, 4) is 17.4 Å². The summed E-state index contributed by atoms with van der Waals surface area (Å²) in [6.07, 6.45) is 5.27. The van der Waals surface area contributed by atoms with Crippen LogP contribution in [0.25, 0.3) is 22.7 Å². The molecule has 1 aromatic carbocycles. The maximum atomic E-state index is 13.7. The molecule has 37 heavy (non-hydrogen) atoms. The van der Waals surface area contributed by atoms with E-state index in [0.29, 0.717) is 47.2 Å². The van der Waals surface area contributed by atoms with E-state index < -0.39 is 11.2 Å². The number of hydrogen-bond acceptors (Lipinski definition) is 7. The van der Waals surface area contributed by atoms with Crippen molar-refractivity contribution >= 4 is 11.2 Å². The van der Waals surface area contributed by atoms with Crippen molar-refractivity contribution in [1.82, 2.24) is 28.7 Å². The molecule has 0 bridgehead atoms. The van der Waals surface area contributed by atoms with Crippen LogP contribution < -0.4 is 16.0 Å². The summed E-state index contributed by atoms with van der Waals surface area (Å²) in [6.45, 7) is 5.97. The van der Waals surface area contributed by atoms with Gasteiger partial charge in [0.2, 0.25) is 5.88 Å². The molecule has 1 N–H and O–H groups in total. The first-order chi connectivity index (χ1) is 17.9. The van der Waals surface area contributed by atoms with Gasteiger partial charge in [-0.05, 0) is 52.0 Å². The second-order valence-corrected chi connectivity index (χ2v) is 9.77. The van der Waals surface area contributed by atoms with Gasteiger partial charge in [-0.15, -0.1) is 0 Å². The first-order valence-corrected chi connectivity index (χ1v) is 12.8. The molecule has 10 nitrogen and oxygen atoms in total. The quantitative estimate of drug-likeness (QED) is 0.372. The zero-order valence-corrected chi connectivity index (χ0v) is 21.4. The number of hydrogen-bond donors (Lipinski definition) is 1. The van der Waals surface area contributed by atoms with Gasteiger partial charge in [0.15, 0.2) is 17.0 Å². The van der Waals surface area contributed by atoms with Crippen LogP contribution in [0.15, 0.2) is 46.1 Å². The second-order valence-electron chi connectivity index (χ2n) is 9.77. The summed E-state index contributed by atoms with van der Waals surface area (Å²) in [7, 11) is 0. The first kappa shape index (κ1) is 24.9. The summed E-state index contributed by atoms with van der Waals surface area (Å²) in [4.78, 5) is 41.2. The fourth-order valence-corrected chi connectivity index (χ4v) is 4.64. The third kappa shape index (κ3) is 4.69. The van der Waals surface area contributed by atoms with Gasteiger partial charge in [-0.25, -0.2) is 19.7 Å². The van der Waals surface area contributed by atoms with Crippen molar-refractivity contribution in [2.45, 2.75) is 71.7 Å². The van der Waals surface area contributed by atoms with Gasteiger partial charge in [0.1, 0.15) is 11.8 Å². The molecule has 3 heterocycles. The van der Waals surface area contributed by atoms with Gasteiger partial charge in [0.25, 0.3) is 5.56 Å². The molecule has 4 aromatic rings. The summed E-state index contributed by atoms with van der Waals surface area (Å²) in [5.74, 6) is 0.937. The molecule has 10 heteroatoms. The van der Waals surface area contributed by atoms with Gasteiger partial charge in [0, 0.05) is 25.7 Å². The molecule has 0 radical (unpaired) electrons. The minimum atomic E-state index is -0.441. The van der Waals surface area contributed by atoms with Gasteiger partial charge >= 0.3 is 5.69 Å². The molecule has 0 amide bonds. The largest absolute Gasteiger partial charge is 0.473 e. The lowest BCUT2D eigenvalue weighted by Gasteiger charge is -2.25.